The van der Waals surface area contributed by atoms with Crippen molar-refractivity contribution in [2.45, 2.75) is 6.61 Å². The first-order valence-corrected chi connectivity index (χ1v) is 5.50. The van der Waals surface area contributed by atoms with E-state index in [-0.39, 0.29) is 11.6 Å². The summed E-state index contributed by atoms with van der Waals surface area (Å²) in [5, 5.41) is 11.3. The van der Waals surface area contributed by atoms with Crippen LogP contribution in [-0.2, 0) is 11.3 Å². The Morgan fingerprint density at radius 2 is 2.35 bits per heavy atom. The average molecular weight is 251 g/mol. The summed E-state index contributed by atoms with van der Waals surface area (Å²) in [6.07, 6.45) is 4.33. The maximum Gasteiger partial charge on any atom is 0.277 e. The van der Waals surface area contributed by atoms with E-state index < -0.39 is 0 Å². The minimum absolute atomic E-state index is 0.232. The number of amides is 1. The van der Waals surface area contributed by atoms with Gasteiger partial charge in [0.25, 0.3) is 5.91 Å². The number of hydrogen-bond donors (Lipinski definition) is 1. The van der Waals surface area contributed by atoms with Crippen molar-refractivity contribution in [3.8, 4) is 0 Å². The van der Waals surface area contributed by atoms with E-state index in [0.717, 1.165) is 0 Å². The molecular weight excluding hydrogens is 242 g/mol. The molecule has 0 aliphatic rings. The van der Waals surface area contributed by atoms with Crippen molar-refractivity contribution in [1.29, 1.82) is 0 Å². The molecule has 8 heteroatoms. The van der Waals surface area contributed by atoms with E-state index in [1.165, 1.54) is 29.9 Å². The summed E-state index contributed by atoms with van der Waals surface area (Å²) in [6.45, 7) is 0.374. The standard InChI is InChI=1S/C9H9N5O2S/c1-16-5-7-13-14-9(17-7)12-8(15)6-4-10-2-3-11-6/h2-4H,5H2,1H3,(H,12,14,15). The summed E-state index contributed by atoms with van der Waals surface area (Å²) < 4.78 is 4.90. The van der Waals surface area contributed by atoms with Crippen LogP contribution in [0.3, 0.4) is 0 Å². The lowest BCUT2D eigenvalue weighted by Gasteiger charge is -1.98. The van der Waals surface area contributed by atoms with E-state index >= 15 is 0 Å². The molecule has 0 atom stereocenters. The molecule has 88 valence electrons. The molecule has 0 aliphatic heterocycles. The Kier molecular flexibility index (Phi) is 3.68. The molecule has 2 rings (SSSR count). The highest BCUT2D eigenvalue weighted by Gasteiger charge is 2.10. The lowest BCUT2D eigenvalue weighted by molar-refractivity contribution is 0.102. The monoisotopic (exact) mass is 251 g/mol. The van der Waals surface area contributed by atoms with E-state index in [1.54, 1.807) is 7.11 Å². The largest absolute Gasteiger partial charge is 0.377 e. The van der Waals surface area contributed by atoms with Crippen LogP contribution >= 0.6 is 11.3 Å². The van der Waals surface area contributed by atoms with Crippen LogP contribution in [0.25, 0.3) is 0 Å². The van der Waals surface area contributed by atoms with Crippen molar-refractivity contribution < 1.29 is 9.53 Å². The molecule has 0 bridgehead atoms. The Bertz CT molecular complexity index is 501. The number of carbonyl (C=O) groups excluding carboxylic acids is 1. The predicted octanol–water partition coefficient (Wildman–Crippen LogP) is 0.727. The first-order chi connectivity index (χ1) is 8.29. The molecule has 2 aromatic rings. The third kappa shape index (κ3) is 3.02. The van der Waals surface area contributed by atoms with Crippen LogP contribution in [-0.4, -0.2) is 33.2 Å². The van der Waals surface area contributed by atoms with Gasteiger partial charge >= 0.3 is 0 Å². The van der Waals surface area contributed by atoms with Crippen LogP contribution in [0.5, 0.6) is 0 Å². The predicted molar refractivity (Wildman–Crippen MR) is 60.6 cm³/mol. The molecule has 2 heterocycles. The number of ether oxygens (including phenoxy) is 1. The third-order valence-electron chi connectivity index (χ3n) is 1.75. The maximum atomic E-state index is 11.7. The van der Waals surface area contributed by atoms with Crippen molar-refractivity contribution in [1.82, 2.24) is 20.2 Å². The van der Waals surface area contributed by atoms with Gasteiger partial charge in [-0.3, -0.25) is 15.1 Å². The first kappa shape index (κ1) is 11.6. The van der Waals surface area contributed by atoms with E-state index in [4.69, 9.17) is 4.74 Å². The number of hydrogen-bond acceptors (Lipinski definition) is 7. The smallest absolute Gasteiger partial charge is 0.277 e. The van der Waals surface area contributed by atoms with Crippen molar-refractivity contribution >= 4 is 22.4 Å². The zero-order valence-corrected chi connectivity index (χ0v) is 9.77. The van der Waals surface area contributed by atoms with Gasteiger partial charge in [0.05, 0.1) is 6.20 Å². The van der Waals surface area contributed by atoms with Crippen LogP contribution in [0.1, 0.15) is 15.5 Å². The summed E-state index contributed by atoms with van der Waals surface area (Å²) >= 11 is 1.25. The van der Waals surface area contributed by atoms with Gasteiger partial charge in [0.2, 0.25) is 5.13 Å². The van der Waals surface area contributed by atoms with Gasteiger partial charge < -0.3 is 4.74 Å². The quantitative estimate of drug-likeness (QED) is 0.861. The van der Waals surface area contributed by atoms with Crippen LogP contribution in [0.4, 0.5) is 5.13 Å². The lowest BCUT2D eigenvalue weighted by Crippen LogP contribution is -2.13. The summed E-state index contributed by atoms with van der Waals surface area (Å²) in [5.41, 5.74) is 0.232. The molecule has 0 saturated heterocycles. The molecule has 0 aliphatic carbocycles. The summed E-state index contributed by atoms with van der Waals surface area (Å²) in [5.74, 6) is -0.363. The Hall–Kier alpha value is -1.93. The number of nitrogens with zero attached hydrogens (tertiary/aromatic N) is 4. The minimum Gasteiger partial charge on any atom is -0.377 e. The zero-order chi connectivity index (χ0) is 12.1. The van der Waals surface area contributed by atoms with Gasteiger partial charge in [0.1, 0.15) is 17.3 Å². The first-order valence-electron chi connectivity index (χ1n) is 4.68. The fourth-order valence-corrected chi connectivity index (χ4v) is 1.77. The second-order valence-electron chi connectivity index (χ2n) is 2.98. The number of methoxy groups -OCH3 is 1. The zero-order valence-electron chi connectivity index (χ0n) is 8.95. The highest BCUT2D eigenvalue weighted by atomic mass is 32.1. The highest BCUT2D eigenvalue weighted by molar-refractivity contribution is 7.15. The maximum absolute atomic E-state index is 11.7. The van der Waals surface area contributed by atoms with E-state index in [9.17, 15) is 4.79 Å². The Balaban J connectivity index is 2.03. The SMILES string of the molecule is COCc1nnc(NC(=O)c2cnccn2)s1. The van der Waals surface area contributed by atoms with Crippen molar-refractivity contribution in [3.63, 3.8) is 0 Å². The van der Waals surface area contributed by atoms with Crippen LogP contribution in [0.15, 0.2) is 18.6 Å². The molecule has 0 aromatic carbocycles. The van der Waals surface area contributed by atoms with E-state index in [2.05, 4.69) is 25.5 Å². The van der Waals surface area contributed by atoms with Crippen molar-refractivity contribution in [3.05, 3.63) is 29.3 Å². The van der Waals surface area contributed by atoms with Crippen LogP contribution in [0.2, 0.25) is 0 Å². The van der Waals surface area contributed by atoms with E-state index in [1.807, 2.05) is 0 Å². The summed E-state index contributed by atoms with van der Waals surface area (Å²) in [7, 11) is 1.57. The fraction of sp³-hybridized carbons (Fsp3) is 0.222. The molecule has 0 spiro atoms. The minimum atomic E-state index is -0.363. The molecule has 0 unspecified atom stereocenters. The number of nitrogens with one attached hydrogen (secondary N) is 1. The summed E-state index contributed by atoms with van der Waals surface area (Å²) in [6, 6.07) is 0. The molecule has 7 nitrogen and oxygen atoms in total. The second kappa shape index (κ2) is 5.41. The second-order valence-corrected chi connectivity index (χ2v) is 4.04. The van der Waals surface area contributed by atoms with Crippen molar-refractivity contribution in [2.75, 3.05) is 12.4 Å². The number of aromatic nitrogens is 4. The summed E-state index contributed by atoms with van der Waals surface area (Å²) in [4.78, 5) is 19.4. The van der Waals surface area contributed by atoms with Gasteiger partial charge in [-0.25, -0.2) is 4.98 Å². The van der Waals surface area contributed by atoms with Crippen molar-refractivity contribution in [2.24, 2.45) is 0 Å². The molecule has 2 aromatic heterocycles. The number of rotatable bonds is 4. The van der Waals surface area contributed by atoms with Gasteiger partial charge in [0.15, 0.2) is 0 Å². The van der Waals surface area contributed by atoms with Gasteiger partial charge in [-0.1, -0.05) is 11.3 Å². The Labute approximate surface area is 101 Å². The van der Waals surface area contributed by atoms with Gasteiger partial charge in [-0.15, -0.1) is 10.2 Å². The molecule has 17 heavy (non-hydrogen) atoms. The van der Waals surface area contributed by atoms with E-state index in [0.29, 0.717) is 16.7 Å². The normalized spacial score (nSPS) is 10.2. The molecule has 0 saturated carbocycles. The fourth-order valence-electron chi connectivity index (χ4n) is 1.06. The Morgan fingerprint density at radius 1 is 1.47 bits per heavy atom. The van der Waals surface area contributed by atoms with Gasteiger partial charge in [-0.2, -0.15) is 0 Å². The molecule has 1 N–H and O–H groups in total. The molecular formula is C9H9N5O2S. The third-order valence-corrected chi connectivity index (χ3v) is 2.56. The lowest BCUT2D eigenvalue weighted by atomic mass is 10.4. The Morgan fingerprint density at radius 3 is 3.06 bits per heavy atom. The highest BCUT2D eigenvalue weighted by Crippen LogP contribution is 2.16. The van der Waals surface area contributed by atoms with Crippen LogP contribution < -0.4 is 5.32 Å². The van der Waals surface area contributed by atoms with Gasteiger partial charge in [-0.05, 0) is 0 Å². The molecule has 1 amide bonds. The molecule has 0 fully saturated rings. The average Bonchev–Trinajstić information content (AvgIpc) is 2.78. The molecule has 0 radical (unpaired) electrons. The van der Waals surface area contributed by atoms with Crippen LogP contribution in [0, 0.1) is 0 Å². The number of carbonyl (C=O) groups is 1. The number of anilines is 1. The van der Waals surface area contributed by atoms with Gasteiger partial charge in [0, 0.05) is 19.5 Å². The topological polar surface area (TPSA) is 89.9 Å².